The van der Waals surface area contributed by atoms with Gasteiger partial charge in [-0.25, -0.2) is 4.98 Å². The lowest BCUT2D eigenvalue weighted by Gasteiger charge is -2.12. The van der Waals surface area contributed by atoms with Crippen molar-refractivity contribution < 1.29 is 14.3 Å². The van der Waals surface area contributed by atoms with E-state index in [0.29, 0.717) is 23.6 Å². The molecule has 0 bridgehead atoms. The molecule has 27 heavy (non-hydrogen) atoms. The number of ether oxygens (including phenoxy) is 2. The first kappa shape index (κ1) is 18.9. The summed E-state index contributed by atoms with van der Waals surface area (Å²) in [5.41, 5.74) is 2.52. The highest BCUT2D eigenvalue weighted by atomic mass is 32.1. The summed E-state index contributed by atoms with van der Waals surface area (Å²) < 4.78 is 10.6. The van der Waals surface area contributed by atoms with Crippen molar-refractivity contribution >= 4 is 17.2 Å². The van der Waals surface area contributed by atoms with Crippen LogP contribution in [-0.4, -0.2) is 31.7 Å². The number of nitrogens with one attached hydrogen (secondary N) is 1. The van der Waals surface area contributed by atoms with Crippen LogP contribution in [0, 0.1) is 6.92 Å². The van der Waals surface area contributed by atoms with E-state index in [1.165, 1.54) is 19.1 Å². The van der Waals surface area contributed by atoms with Gasteiger partial charge in [-0.3, -0.25) is 4.79 Å². The van der Waals surface area contributed by atoms with Crippen LogP contribution in [0.1, 0.15) is 20.9 Å². The Kier molecular flexibility index (Phi) is 6.08. The van der Waals surface area contributed by atoms with Crippen molar-refractivity contribution in [3.8, 4) is 22.1 Å². The summed E-state index contributed by atoms with van der Waals surface area (Å²) in [6.07, 6.45) is 0.722. The third kappa shape index (κ3) is 4.28. The van der Waals surface area contributed by atoms with Gasteiger partial charge in [0.2, 0.25) is 0 Å². The van der Waals surface area contributed by atoms with Crippen LogP contribution in [0.5, 0.6) is 11.5 Å². The van der Waals surface area contributed by atoms with Crippen molar-refractivity contribution in [2.75, 3.05) is 20.8 Å². The molecular formula is C21H22N2O3S. The summed E-state index contributed by atoms with van der Waals surface area (Å²) in [6.45, 7) is 2.51. The molecule has 0 atom stereocenters. The van der Waals surface area contributed by atoms with E-state index >= 15 is 0 Å². The van der Waals surface area contributed by atoms with Crippen LogP contribution in [0.2, 0.25) is 0 Å². The Balaban J connectivity index is 1.67. The second-order valence-electron chi connectivity index (χ2n) is 5.94. The number of aryl methyl sites for hydroxylation is 1. The van der Waals surface area contributed by atoms with Gasteiger partial charge in [-0.1, -0.05) is 36.4 Å². The number of thiazole rings is 1. The number of aromatic nitrogens is 1. The van der Waals surface area contributed by atoms with Crippen molar-refractivity contribution in [1.29, 1.82) is 0 Å². The molecule has 1 heterocycles. The molecule has 1 amide bonds. The molecule has 6 heteroatoms. The molecule has 0 aliphatic rings. The van der Waals surface area contributed by atoms with Crippen LogP contribution in [0.4, 0.5) is 0 Å². The van der Waals surface area contributed by atoms with Crippen molar-refractivity contribution in [2.45, 2.75) is 13.3 Å². The van der Waals surface area contributed by atoms with Crippen LogP contribution in [0.15, 0.2) is 48.5 Å². The lowest BCUT2D eigenvalue weighted by molar-refractivity contribution is 0.0948. The number of hydrogen-bond acceptors (Lipinski definition) is 5. The standard InChI is InChI=1S/C21H22N2O3S/c1-14-18(27-21(23-14)15-8-5-4-6-9-15)12-13-22-20(24)19-16(25-2)10-7-11-17(19)26-3/h4-11H,12-13H2,1-3H3,(H,22,24). The Morgan fingerprint density at radius 1 is 1.04 bits per heavy atom. The largest absolute Gasteiger partial charge is 0.496 e. The highest BCUT2D eigenvalue weighted by molar-refractivity contribution is 7.15. The second kappa shape index (κ2) is 8.68. The van der Waals surface area contributed by atoms with E-state index in [-0.39, 0.29) is 5.91 Å². The van der Waals surface area contributed by atoms with Gasteiger partial charge in [0.1, 0.15) is 22.1 Å². The summed E-state index contributed by atoms with van der Waals surface area (Å²) >= 11 is 1.66. The fourth-order valence-corrected chi connectivity index (χ4v) is 3.88. The molecule has 0 saturated carbocycles. The van der Waals surface area contributed by atoms with Crippen molar-refractivity contribution in [1.82, 2.24) is 10.3 Å². The van der Waals surface area contributed by atoms with Crippen LogP contribution in [0.25, 0.3) is 10.6 Å². The van der Waals surface area contributed by atoms with E-state index < -0.39 is 0 Å². The van der Waals surface area contributed by atoms with Crippen LogP contribution >= 0.6 is 11.3 Å². The smallest absolute Gasteiger partial charge is 0.258 e. The highest BCUT2D eigenvalue weighted by Gasteiger charge is 2.18. The van der Waals surface area contributed by atoms with Gasteiger partial charge in [0.25, 0.3) is 5.91 Å². The van der Waals surface area contributed by atoms with Gasteiger partial charge in [0, 0.05) is 23.4 Å². The molecular weight excluding hydrogens is 360 g/mol. The highest BCUT2D eigenvalue weighted by Crippen LogP contribution is 2.29. The van der Waals surface area contributed by atoms with Gasteiger partial charge >= 0.3 is 0 Å². The Morgan fingerprint density at radius 2 is 1.70 bits per heavy atom. The molecule has 5 nitrogen and oxygen atoms in total. The summed E-state index contributed by atoms with van der Waals surface area (Å²) in [4.78, 5) is 18.4. The summed E-state index contributed by atoms with van der Waals surface area (Å²) in [5.74, 6) is 0.772. The average molecular weight is 382 g/mol. The molecule has 0 aliphatic heterocycles. The lowest BCUT2D eigenvalue weighted by atomic mass is 10.1. The van der Waals surface area contributed by atoms with Gasteiger partial charge in [-0.05, 0) is 19.1 Å². The lowest BCUT2D eigenvalue weighted by Crippen LogP contribution is -2.26. The van der Waals surface area contributed by atoms with Gasteiger partial charge in [-0.2, -0.15) is 0 Å². The number of rotatable bonds is 7. The summed E-state index contributed by atoms with van der Waals surface area (Å²) in [6, 6.07) is 15.4. The number of carbonyl (C=O) groups excluding carboxylic acids is 1. The zero-order valence-corrected chi connectivity index (χ0v) is 16.4. The Bertz CT molecular complexity index is 900. The minimum Gasteiger partial charge on any atom is -0.496 e. The summed E-state index contributed by atoms with van der Waals surface area (Å²) in [5, 5.41) is 3.95. The number of methoxy groups -OCH3 is 2. The zero-order valence-electron chi connectivity index (χ0n) is 15.6. The van der Waals surface area contributed by atoms with Gasteiger partial charge in [0.05, 0.1) is 19.9 Å². The molecule has 1 aromatic heterocycles. The van der Waals surface area contributed by atoms with E-state index in [1.54, 1.807) is 29.5 Å². The van der Waals surface area contributed by atoms with E-state index in [0.717, 1.165) is 22.7 Å². The van der Waals surface area contributed by atoms with Gasteiger partial charge in [0.15, 0.2) is 0 Å². The van der Waals surface area contributed by atoms with Crippen molar-refractivity contribution in [2.24, 2.45) is 0 Å². The first-order valence-electron chi connectivity index (χ1n) is 8.65. The average Bonchev–Trinajstić information content (AvgIpc) is 3.08. The van der Waals surface area contributed by atoms with Gasteiger partial charge < -0.3 is 14.8 Å². The molecule has 0 saturated heterocycles. The topological polar surface area (TPSA) is 60.5 Å². The van der Waals surface area contributed by atoms with E-state index in [1.807, 2.05) is 25.1 Å². The molecule has 0 aliphatic carbocycles. The van der Waals surface area contributed by atoms with E-state index in [2.05, 4.69) is 22.4 Å². The van der Waals surface area contributed by atoms with Crippen molar-refractivity contribution in [3.63, 3.8) is 0 Å². The normalized spacial score (nSPS) is 10.5. The third-order valence-electron chi connectivity index (χ3n) is 4.21. The molecule has 0 unspecified atom stereocenters. The van der Waals surface area contributed by atoms with Crippen molar-refractivity contribution in [3.05, 3.63) is 64.7 Å². The second-order valence-corrected chi connectivity index (χ2v) is 7.02. The number of nitrogens with zero attached hydrogens (tertiary/aromatic N) is 1. The molecule has 140 valence electrons. The number of benzene rings is 2. The fraction of sp³-hybridized carbons (Fsp3) is 0.238. The molecule has 0 radical (unpaired) electrons. The minimum absolute atomic E-state index is 0.213. The first-order chi connectivity index (χ1) is 13.1. The third-order valence-corrected chi connectivity index (χ3v) is 5.47. The molecule has 3 rings (SSSR count). The molecule has 1 N–H and O–H groups in total. The maximum atomic E-state index is 12.6. The SMILES string of the molecule is COc1cccc(OC)c1C(=O)NCCc1sc(-c2ccccc2)nc1C. The van der Waals surface area contributed by atoms with Gasteiger partial charge in [-0.15, -0.1) is 11.3 Å². The summed E-state index contributed by atoms with van der Waals surface area (Å²) in [7, 11) is 3.08. The zero-order chi connectivity index (χ0) is 19.2. The van der Waals surface area contributed by atoms with Crippen LogP contribution in [0.3, 0.4) is 0 Å². The fourth-order valence-electron chi connectivity index (χ4n) is 2.82. The monoisotopic (exact) mass is 382 g/mol. The minimum atomic E-state index is -0.213. The Labute approximate surface area is 163 Å². The van der Waals surface area contributed by atoms with Crippen LogP contribution in [-0.2, 0) is 6.42 Å². The predicted octanol–water partition coefficient (Wildman–Crippen LogP) is 4.11. The Morgan fingerprint density at radius 3 is 2.33 bits per heavy atom. The maximum Gasteiger partial charge on any atom is 0.258 e. The number of hydrogen-bond donors (Lipinski definition) is 1. The number of amides is 1. The number of carbonyl (C=O) groups is 1. The maximum absolute atomic E-state index is 12.6. The predicted molar refractivity (Wildman–Crippen MR) is 108 cm³/mol. The van der Waals surface area contributed by atoms with E-state index in [4.69, 9.17) is 9.47 Å². The Hall–Kier alpha value is -2.86. The molecule has 0 spiro atoms. The van der Waals surface area contributed by atoms with Crippen LogP contribution < -0.4 is 14.8 Å². The quantitative estimate of drug-likeness (QED) is 0.668. The molecule has 0 fully saturated rings. The first-order valence-corrected chi connectivity index (χ1v) is 9.46. The molecule has 3 aromatic rings. The van der Waals surface area contributed by atoms with E-state index in [9.17, 15) is 4.79 Å². The molecule has 2 aromatic carbocycles.